The van der Waals surface area contributed by atoms with Crippen molar-refractivity contribution in [1.82, 2.24) is 0 Å². The summed E-state index contributed by atoms with van der Waals surface area (Å²) in [6.07, 6.45) is 2.61. The lowest BCUT2D eigenvalue weighted by Crippen LogP contribution is -1.82. The first kappa shape index (κ1) is 10.1. The van der Waals surface area contributed by atoms with E-state index in [1.54, 1.807) is 24.3 Å². The Hall–Kier alpha value is -2.40. The van der Waals surface area contributed by atoms with Crippen LogP contribution in [0.5, 0.6) is 11.5 Å². The number of hydrogen-bond acceptors (Lipinski definition) is 2. The Kier molecular flexibility index (Phi) is 3.10. The molecule has 2 rings (SSSR count). The molecular formula is C14H10O2. The van der Waals surface area contributed by atoms with E-state index in [-0.39, 0.29) is 5.75 Å². The molecule has 2 heteroatoms. The maximum absolute atomic E-state index is 9.07. The summed E-state index contributed by atoms with van der Waals surface area (Å²) < 4.78 is 5.19. The van der Waals surface area contributed by atoms with Crippen molar-refractivity contribution in [1.29, 1.82) is 0 Å². The van der Waals surface area contributed by atoms with Crippen molar-refractivity contribution in [2.45, 2.75) is 0 Å². The fourth-order valence-corrected chi connectivity index (χ4v) is 1.18. The predicted octanol–water partition coefficient (Wildman–Crippen LogP) is 2.78. The van der Waals surface area contributed by atoms with E-state index in [2.05, 4.69) is 12.0 Å². The minimum Gasteiger partial charge on any atom is -0.508 e. The van der Waals surface area contributed by atoms with Crippen LogP contribution in [0.4, 0.5) is 0 Å². The number of phenolic OH excluding ortho intramolecular Hbond substituents is 1. The summed E-state index contributed by atoms with van der Waals surface area (Å²) >= 11 is 0. The van der Waals surface area contributed by atoms with Crippen molar-refractivity contribution in [2.24, 2.45) is 0 Å². The first-order chi connectivity index (χ1) is 7.84. The van der Waals surface area contributed by atoms with E-state index in [0.717, 1.165) is 5.56 Å². The third kappa shape index (κ3) is 2.79. The summed E-state index contributed by atoms with van der Waals surface area (Å²) in [6.45, 7) is 0. The molecule has 0 radical (unpaired) electrons. The monoisotopic (exact) mass is 210 g/mol. The highest BCUT2D eigenvalue weighted by atomic mass is 16.5. The molecule has 0 spiro atoms. The molecule has 2 aromatic carbocycles. The van der Waals surface area contributed by atoms with Crippen molar-refractivity contribution in [3.05, 3.63) is 60.2 Å². The standard InChI is InChI=1S/C14H10O2/c15-13-6-8-14(9-7-13)16-11-10-12-4-2-1-3-5-12/h1-9,15H. The second-order valence-corrected chi connectivity index (χ2v) is 3.19. The van der Waals surface area contributed by atoms with Crippen molar-refractivity contribution in [2.75, 3.05) is 0 Å². The van der Waals surface area contributed by atoms with Crippen molar-refractivity contribution in [3.63, 3.8) is 0 Å². The Morgan fingerprint density at radius 1 is 0.875 bits per heavy atom. The molecule has 16 heavy (non-hydrogen) atoms. The van der Waals surface area contributed by atoms with E-state index in [4.69, 9.17) is 9.84 Å². The molecule has 78 valence electrons. The van der Waals surface area contributed by atoms with Gasteiger partial charge >= 0.3 is 0 Å². The third-order valence-electron chi connectivity index (χ3n) is 1.97. The Bertz CT molecular complexity index is 504. The van der Waals surface area contributed by atoms with Gasteiger partial charge in [-0.1, -0.05) is 18.2 Å². The zero-order valence-electron chi connectivity index (χ0n) is 8.55. The van der Waals surface area contributed by atoms with Gasteiger partial charge in [0.15, 0.2) is 0 Å². The average molecular weight is 210 g/mol. The minimum atomic E-state index is 0.211. The van der Waals surface area contributed by atoms with Gasteiger partial charge in [0.25, 0.3) is 0 Å². The molecule has 0 fully saturated rings. The normalized spacial score (nSPS) is 9.00. The van der Waals surface area contributed by atoms with E-state index in [1.807, 2.05) is 30.3 Å². The Morgan fingerprint density at radius 3 is 2.25 bits per heavy atom. The highest BCUT2D eigenvalue weighted by molar-refractivity contribution is 5.35. The van der Waals surface area contributed by atoms with Gasteiger partial charge in [-0.3, -0.25) is 0 Å². The number of aromatic hydroxyl groups is 1. The van der Waals surface area contributed by atoms with E-state index < -0.39 is 0 Å². The van der Waals surface area contributed by atoms with Gasteiger partial charge < -0.3 is 9.84 Å². The van der Waals surface area contributed by atoms with Gasteiger partial charge in [-0.25, -0.2) is 0 Å². The molecule has 0 aliphatic rings. The van der Waals surface area contributed by atoms with E-state index >= 15 is 0 Å². The number of phenols is 1. The maximum atomic E-state index is 9.07. The molecule has 1 N–H and O–H groups in total. The molecule has 0 atom stereocenters. The number of rotatable bonds is 1. The number of ether oxygens (including phenoxy) is 1. The van der Waals surface area contributed by atoms with E-state index in [9.17, 15) is 0 Å². The van der Waals surface area contributed by atoms with Crippen LogP contribution in [0.3, 0.4) is 0 Å². The van der Waals surface area contributed by atoms with Crippen LogP contribution >= 0.6 is 0 Å². The molecule has 0 unspecified atom stereocenters. The first-order valence-electron chi connectivity index (χ1n) is 4.86. The topological polar surface area (TPSA) is 29.5 Å². The molecule has 2 aromatic rings. The fourth-order valence-electron chi connectivity index (χ4n) is 1.18. The summed E-state index contributed by atoms with van der Waals surface area (Å²) in [7, 11) is 0. The minimum absolute atomic E-state index is 0.211. The molecule has 2 nitrogen and oxygen atoms in total. The molecular weight excluding hydrogens is 200 g/mol. The molecule has 0 aliphatic heterocycles. The van der Waals surface area contributed by atoms with Gasteiger partial charge in [-0.2, -0.15) is 0 Å². The quantitative estimate of drug-likeness (QED) is 0.733. The molecule has 0 bridgehead atoms. The zero-order valence-corrected chi connectivity index (χ0v) is 8.55. The van der Waals surface area contributed by atoms with Crippen LogP contribution in [0, 0.1) is 12.0 Å². The summed E-state index contributed by atoms with van der Waals surface area (Å²) in [6, 6.07) is 16.0. The van der Waals surface area contributed by atoms with Crippen LogP contribution in [-0.2, 0) is 0 Å². The average Bonchev–Trinajstić information content (AvgIpc) is 2.33. The summed E-state index contributed by atoms with van der Waals surface area (Å²) in [5.74, 6) is 3.70. The number of benzene rings is 2. The summed E-state index contributed by atoms with van der Waals surface area (Å²) in [5.41, 5.74) is 0.904. The van der Waals surface area contributed by atoms with E-state index in [0.29, 0.717) is 5.75 Å². The van der Waals surface area contributed by atoms with Crippen molar-refractivity contribution in [3.8, 4) is 23.5 Å². The predicted molar refractivity (Wildman–Crippen MR) is 62.1 cm³/mol. The number of hydrogen-bond donors (Lipinski definition) is 1. The molecule has 0 amide bonds. The van der Waals surface area contributed by atoms with Gasteiger partial charge in [0.2, 0.25) is 0 Å². The Balaban J connectivity index is 2.03. The Labute approximate surface area is 94.1 Å². The van der Waals surface area contributed by atoms with Crippen molar-refractivity contribution < 1.29 is 9.84 Å². The van der Waals surface area contributed by atoms with Gasteiger partial charge in [-0.05, 0) is 42.3 Å². The lowest BCUT2D eigenvalue weighted by molar-refractivity contribution is 0.471. The molecule has 0 aliphatic carbocycles. The second-order valence-electron chi connectivity index (χ2n) is 3.19. The smallest absolute Gasteiger partial charge is 0.140 e. The van der Waals surface area contributed by atoms with Crippen LogP contribution in [0.25, 0.3) is 0 Å². The highest BCUT2D eigenvalue weighted by Crippen LogP contribution is 2.15. The summed E-state index contributed by atoms with van der Waals surface area (Å²) in [5, 5.41) is 9.07. The molecule has 0 saturated heterocycles. The van der Waals surface area contributed by atoms with Crippen LogP contribution in [0.1, 0.15) is 5.56 Å². The molecule has 0 heterocycles. The first-order valence-corrected chi connectivity index (χ1v) is 4.86. The van der Waals surface area contributed by atoms with E-state index in [1.165, 1.54) is 0 Å². The Morgan fingerprint density at radius 2 is 1.56 bits per heavy atom. The van der Waals surface area contributed by atoms with Gasteiger partial charge in [0, 0.05) is 5.56 Å². The fraction of sp³-hybridized carbons (Fsp3) is 0. The van der Waals surface area contributed by atoms with Gasteiger partial charge in [0.1, 0.15) is 17.6 Å². The zero-order chi connectivity index (χ0) is 11.2. The van der Waals surface area contributed by atoms with Crippen LogP contribution < -0.4 is 4.74 Å². The highest BCUT2D eigenvalue weighted by Gasteiger charge is 1.90. The van der Waals surface area contributed by atoms with Crippen molar-refractivity contribution >= 4 is 0 Å². The second kappa shape index (κ2) is 4.90. The lowest BCUT2D eigenvalue weighted by Gasteiger charge is -1.95. The molecule has 0 saturated carbocycles. The third-order valence-corrected chi connectivity index (χ3v) is 1.97. The SMILES string of the molecule is Oc1ccc(OC#Cc2ccccc2)cc1. The summed E-state index contributed by atoms with van der Waals surface area (Å²) in [4.78, 5) is 0. The van der Waals surface area contributed by atoms with Gasteiger partial charge in [0.05, 0.1) is 0 Å². The lowest BCUT2D eigenvalue weighted by atomic mass is 10.2. The van der Waals surface area contributed by atoms with Crippen LogP contribution in [-0.4, -0.2) is 5.11 Å². The van der Waals surface area contributed by atoms with Gasteiger partial charge in [-0.15, -0.1) is 0 Å². The maximum Gasteiger partial charge on any atom is 0.140 e. The van der Waals surface area contributed by atoms with Crippen LogP contribution in [0.15, 0.2) is 54.6 Å². The van der Waals surface area contributed by atoms with Crippen LogP contribution in [0.2, 0.25) is 0 Å². The largest absolute Gasteiger partial charge is 0.508 e. The molecule has 0 aromatic heterocycles.